The SMILES string of the molecule is NC1CCC(NC(=O)c2cc(Cl)ccc2O)CC1. The van der Waals surface area contributed by atoms with Crippen LogP contribution in [-0.4, -0.2) is 23.1 Å². The summed E-state index contributed by atoms with van der Waals surface area (Å²) in [7, 11) is 0. The van der Waals surface area contributed by atoms with Crippen molar-refractivity contribution in [3.05, 3.63) is 28.8 Å². The molecular formula is C13H17ClN2O2. The van der Waals surface area contributed by atoms with E-state index in [4.69, 9.17) is 17.3 Å². The molecule has 2 rings (SSSR count). The molecule has 4 nitrogen and oxygen atoms in total. The molecule has 98 valence electrons. The van der Waals surface area contributed by atoms with Crippen molar-refractivity contribution >= 4 is 17.5 Å². The summed E-state index contributed by atoms with van der Waals surface area (Å²) in [5.41, 5.74) is 6.03. The van der Waals surface area contributed by atoms with Crippen molar-refractivity contribution in [2.45, 2.75) is 37.8 Å². The van der Waals surface area contributed by atoms with Crippen LogP contribution in [0.3, 0.4) is 0 Å². The quantitative estimate of drug-likeness (QED) is 0.768. The average Bonchev–Trinajstić information content (AvgIpc) is 2.35. The monoisotopic (exact) mass is 268 g/mol. The van der Waals surface area contributed by atoms with E-state index in [1.807, 2.05) is 0 Å². The topological polar surface area (TPSA) is 75.3 Å². The zero-order valence-electron chi connectivity index (χ0n) is 10.0. The van der Waals surface area contributed by atoms with Gasteiger partial charge in [0.15, 0.2) is 0 Å². The molecule has 0 bridgehead atoms. The maximum atomic E-state index is 12.0. The van der Waals surface area contributed by atoms with Crippen molar-refractivity contribution in [3.63, 3.8) is 0 Å². The number of aromatic hydroxyl groups is 1. The Kier molecular flexibility index (Phi) is 4.09. The lowest BCUT2D eigenvalue weighted by Crippen LogP contribution is -2.40. The highest BCUT2D eigenvalue weighted by molar-refractivity contribution is 6.31. The van der Waals surface area contributed by atoms with E-state index in [0.717, 1.165) is 25.7 Å². The van der Waals surface area contributed by atoms with Crippen LogP contribution in [0, 0.1) is 0 Å². The van der Waals surface area contributed by atoms with Crippen molar-refractivity contribution in [3.8, 4) is 5.75 Å². The van der Waals surface area contributed by atoms with Gasteiger partial charge in [0.2, 0.25) is 0 Å². The van der Waals surface area contributed by atoms with Crippen molar-refractivity contribution in [2.24, 2.45) is 5.73 Å². The molecule has 1 amide bonds. The molecule has 0 aromatic heterocycles. The first-order valence-corrected chi connectivity index (χ1v) is 6.49. The molecule has 1 aliphatic rings. The first-order valence-electron chi connectivity index (χ1n) is 6.11. The first-order chi connectivity index (χ1) is 8.56. The lowest BCUT2D eigenvalue weighted by atomic mass is 9.91. The third-order valence-corrected chi connectivity index (χ3v) is 3.55. The van der Waals surface area contributed by atoms with Gasteiger partial charge in [0, 0.05) is 17.1 Å². The predicted octanol–water partition coefficient (Wildman–Crippen LogP) is 2.05. The summed E-state index contributed by atoms with van der Waals surface area (Å²) in [6, 6.07) is 4.83. The number of rotatable bonds is 2. The molecule has 5 heteroatoms. The van der Waals surface area contributed by atoms with Crippen molar-refractivity contribution in [1.82, 2.24) is 5.32 Å². The molecule has 0 heterocycles. The Hall–Kier alpha value is -1.26. The standard InChI is InChI=1S/C13H17ClN2O2/c14-8-1-6-12(17)11(7-8)13(18)16-10-4-2-9(15)3-5-10/h1,6-7,9-10,17H,2-5,15H2,(H,16,18). The second kappa shape index (κ2) is 5.59. The maximum absolute atomic E-state index is 12.0. The van der Waals surface area contributed by atoms with Gasteiger partial charge in [-0.2, -0.15) is 0 Å². The molecule has 4 N–H and O–H groups in total. The fourth-order valence-corrected chi connectivity index (χ4v) is 2.39. The second-order valence-electron chi connectivity index (χ2n) is 4.75. The normalized spacial score (nSPS) is 23.7. The number of halogens is 1. The summed E-state index contributed by atoms with van der Waals surface area (Å²) in [4.78, 5) is 12.0. The number of carbonyl (C=O) groups is 1. The predicted molar refractivity (Wildman–Crippen MR) is 70.8 cm³/mol. The summed E-state index contributed by atoms with van der Waals surface area (Å²) < 4.78 is 0. The van der Waals surface area contributed by atoms with Crippen LogP contribution >= 0.6 is 11.6 Å². The summed E-state index contributed by atoms with van der Waals surface area (Å²) in [6.07, 6.45) is 3.61. The number of nitrogens with one attached hydrogen (secondary N) is 1. The fraction of sp³-hybridized carbons (Fsp3) is 0.462. The zero-order chi connectivity index (χ0) is 13.1. The number of carbonyl (C=O) groups excluding carboxylic acids is 1. The third-order valence-electron chi connectivity index (χ3n) is 3.31. The highest BCUT2D eigenvalue weighted by Gasteiger charge is 2.21. The molecular weight excluding hydrogens is 252 g/mol. The minimum absolute atomic E-state index is 0.0515. The molecule has 0 radical (unpaired) electrons. The number of phenols is 1. The van der Waals surface area contributed by atoms with E-state index in [0.29, 0.717) is 5.02 Å². The number of nitrogens with two attached hydrogens (primary N) is 1. The van der Waals surface area contributed by atoms with Gasteiger partial charge < -0.3 is 16.2 Å². The molecule has 0 atom stereocenters. The number of benzene rings is 1. The molecule has 0 saturated heterocycles. The van der Waals surface area contributed by atoms with Crippen molar-refractivity contribution < 1.29 is 9.90 Å². The molecule has 0 spiro atoms. The molecule has 1 fully saturated rings. The molecule has 0 aliphatic heterocycles. The van der Waals surface area contributed by atoms with Gasteiger partial charge in [-0.05, 0) is 43.9 Å². The van der Waals surface area contributed by atoms with Crippen molar-refractivity contribution in [2.75, 3.05) is 0 Å². The number of phenolic OH excluding ortho intramolecular Hbond substituents is 1. The Morgan fingerprint density at radius 3 is 2.67 bits per heavy atom. The summed E-state index contributed by atoms with van der Waals surface area (Å²) >= 11 is 5.82. The van der Waals surface area contributed by atoms with Crippen LogP contribution in [0.15, 0.2) is 18.2 Å². The Bertz CT molecular complexity index is 443. The first kappa shape index (κ1) is 13.2. The number of hydrogen-bond donors (Lipinski definition) is 3. The Morgan fingerprint density at radius 2 is 2.00 bits per heavy atom. The highest BCUT2D eigenvalue weighted by Crippen LogP contribution is 2.23. The van der Waals surface area contributed by atoms with Crippen LogP contribution in [-0.2, 0) is 0 Å². The molecule has 1 aromatic rings. The largest absolute Gasteiger partial charge is 0.507 e. The molecule has 0 unspecified atom stereocenters. The van der Waals surface area contributed by atoms with Gasteiger partial charge >= 0.3 is 0 Å². The van der Waals surface area contributed by atoms with E-state index in [1.165, 1.54) is 12.1 Å². The van der Waals surface area contributed by atoms with Gasteiger partial charge in [-0.3, -0.25) is 4.79 Å². The zero-order valence-corrected chi connectivity index (χ0v) is 10.8. The second-order valence-corrected chi connectivity index (χ2v) is 5.18. The van der Waals surface area contributed by atoms with E-state index >= 15 is 0 Å². The van der Waals surface area contributed by atoms with E-state index in [1.54, 1.807) is 6.07 Å². The highest BCUT2D eigenvalue weighted by atomic mass is 35.5. The Morgan fingerprint density at radius 1 is 1.33 bits per heavy atom. The van der Waals surface area contributed by atoms with Crippen LogP contribution in [0.25, 0.3) is 0 Å². The summed E-state index contributed by atoms with van der Waals surface area (Å²) in [6.45, 7) is 0. The summed E-state index contributed by atoms with van der Waals surface area (Å²) in [5.74, 6) is -0.333. The van der Waals surface area contributed by atoms with Crippen LogP contribution in [0.2, 0.25) is 5.02 Å². The average molecular weight is 269 g/mol. The van der Waals surface area contributed by atoms with Gasteiger partial charge in [0.25, 0.3) is 5.91 Å². The number of hydrogen-bond acceptors (Lipinski definition) is 3. The van der Waals surface area contributed by atoms with Gasteiger partial charge in [0.05, 0.1) is 5.56 Å². The smallest absolute Gasteiger partial charge is 0.255 e. The fourth-order valence-electron chi connectivity index (χ4n) is 2.22. The van der Waals surface area contributed by atoms with Crippen LogP contribution in [0.1, 0.15) is 36.0 Å². The lowest BCUT2D eigenvalue weighted by Gasteiger charge is -2.26. The molecule has 1 aromatic carbocycles. The molecule has 1 saturated carbocycles. The van der Waals surface area contributed by atoms with E-state index in [9.17, 15) is 9.90 Å². The van der Waals surface area contributed by atoms with Gasteiger partial charge in [0.1, 0.15) is 5.75 Å². The molecule has 18 heavy (non-hydrogen) atoms. The lowest BCUT2D eigenvalue weighted by molar-refractivity contribution is 0.0923. The van der Waals surface area contributed by atoms with Gasteiger partial charge in [-0.15, -0.1) is 0 Å². The van der Waals surface area contributed by atoms with E-state index in [2.05, 4.69) is 5.32 Å². The summed E-state index contributed by atoms with van der Waals surface area (Å²) in [5, 5.41) is 13.0. The van der Waals surface area contributed by atoms with E-state index < -0.39 is 0 Å². The van der Waals surface area contributed by atoms with E-state index in [-0.39, 0.29) is 29.3 Å². The van der Waals surface area contributed by atoms with Crippen LogP contribution in [0.5, 0.6) is 5.75 Å². The third kappa shape index (κ3) is 3.15. The van der Waals surface area contributed by atoms with Crippen molar-refractivity contribution in [1.29, 1.82) is 0 Å². The van der Waals surface area contributed by atoms with Gasteiger partial charge in [-0.25, -0.2) is 0 Å². The maximum Gasteiger partial charge on any atom is 0.255 e. The minimum Gasteiger partial charge on any atom is -0.507 e. The minimum atomic E-state index is -0.282. The molecule has 1 aliphatic carbocycles. The number of amides is 1. The van der Waals surface area contributed by atoms with Gasteiger partial charge in [-0.1, -0.05) is 11.6 Å². The van der Waals surface area contributed by atoms with Crippen LogP contribution in [0.4, 0.5) is 0 Å². The Balaban J connectivity index is 2.01. The Labute approximate surface area is 111 Å². The van der Waals surface area contributed by atoms with Crippen LogP contribution < -0.4 is 11.1 Å².